The minimum absolute atomic E-state index is 0. The normalized spacial score (nSPS) is 20.5. The van der Waals surface area contributed by atoms with Crippen LogP contribution in [-0.4, -0.2) is 75.2 Å². The lowest BCUT2D eigenvalue weighted by Gasteiger charge is -2.52. The largest absolute Gasteiger partial charge is 0.496 e. The molecule has 2 amide bonds. The molecule has 3 aromatic carbocycles. The number of aliphatic hydroxyl groups is 1. The van der Waals surface area contributed by atoms with Crippen LogP contribution in [0.1, 0.15) is 84.0 Å². The molecule has 3 N–H and O–H groups in total. The molecule has 0 bridgehead atoms. The quantitative estimate of drug-likeness (QED) is 0.265. The fourth-order valence-electron chi connectivity index (χ4n) is 7.65. The molecule has 0 unspecified atom stereocenters. The number of ether oxygens (including phenoxy) is 1. The Balaban J connectivity index is 0.00000451. The number of hydrogen-bond acceptors (Lipinski definition) is 6. The molecule has 10 heteroatoms. The SMILES string of the molecule is COc1cc(C(=O)O)ccc1Cc1ccc(CN2CCC3(CC2)C(=O)N[C@H](CC2(O)CCCCC2)C(=O)N3Cc2ccccc2)cc1.Cl. The Kier molecular flexibility index (Phi) is 11.1. The number of carboxylic acid groups (broad SMARTS) is 1. The molecule has 1 spiro atoms. The van der Waals surface area contributed by atoms with Gasteiger partial charge in [0.2, 0.25) is 11.8 Å². The first-order chi connectivity index (χ1) is 22.7. The highest BCUT2D eigenvalue weighted by atomic mass is 35.5. The van der Waals surface area contributed by atoms with Crippen molar-refractivity contribution in [2.24, 2.45) is 0 Å². The minimum Gasteiger partial charge on any atom is -0.496 e. The van der Waals surface area contributed by atoms with Gasteiger partial charge in [-0.3, -0.25) is 14.5 Å². The molecule has 6 rings (SSSR count). The highest BCUT2D eigenvalue weighted by Crippen LogP contribution is 2.38. The number of nitrogens with one attached hydrogen (secondary N) is 1. The van der Waals surface area contributed by atoms with Gasteiger partial charge in [-0.1, -0.05) is 79.9 Å². The molecular weight excluding hydrogens is 630 g/mol. The first kappa shape index (κ1) is 35.4. The van der Waals surface area contributed by atoms with Crippen LogP contribution >= 0.6 is 12.4 Å². The number of likely N-dealkylation sites (tertiary alicyclic amines) is 1. The summed E-state index contributed by atoms with van der Waals surface area (Å²) in [7, 11) is 1.55. The summed E-state index contributed by atoms with van der Waals surface area (Å²) in [6.07, 6.45) is 6.28. The van der Waals surface area contributed by atoms with Crippen molar-refractivity contribution in [1.29, 1.82) is 0 Å². The molecule has 3 aromatic rings. The number of nitrogens with zero attached hydrogens (tertiary/aromatic N) is 2. The van der Waals surface area contributed by atoms with Gasteiger partial charge in [0.25, 0.3) is 0 Å². The van der Waals surface area contributed by atoms with E-state index >= 15 is 0 Å². The maximum atomic E-state index is 14.1. The van der Waals surface area contributed by atoms with E-state index in [2.05, 4.69) is 34.5 Å². The number of hydrogen-bond donors (Lipinski definition) is 3. The zero-order chi connectivity index (χ0) is 33.0. The lowest BCUT2D eigenvalue weighted by molar-refractivity contribution is -0.164. The Morgan fingerprint density at radius 1 is 0.875 bits per heavy atom. The molecule has 0 aromatic heterocycles. The van der Waals surface area contributed by atoms with Crippen molar-refractivity contribution in [2.75, 3.05) is 20.2 Å². The molecule has 1 aliphatic carbocycles. The highest BCUT2D eigenvalue weighted by Gasteiger charge is 2.54. The number of benzene rings is 3. The predicted molar refractivity (Wildman–Crippen MR) is 185 cm³/mol. The van der Waals surface area contributed by atoms with Crippen molar-refractivity contribution >= 4 is 30.2 Å². The van der Waals surface area contributed by atoms with E-state index in [1.165, 1.54) is 0 Å². The maximum Gasteiger partial charge on any atom is 0.335 e. The molecule has 1 atom stereocenters. The third-order valence-corrected chi connectivity index (χ3v) is 10.4. The van der Waals surface area contributed by atoms with E-state index in [-0.39, 0.29) is 36.2 Å². The summed E-state index contributed by atoms with van der Waals surface area (Å²) in [6, 6.07) is 22.5. The zero-order valence-corrected chi connectivity index (χ0v) is 28.3. The molecule has 3 fully saturated rings. The predicted octanol–water partition coefficient (Wildman–Crippen LogP) is 5.35. The van der Waals surface area contributed by atoms with Crippen LogP contribution in [0.2, 0.25) is 0 Å². The summed E-state index contributed by atoms with van der Waals surface area (Å²) in [5.41, 5.74) is 2.52. The minimum atomic E-state index is -0.985. The number of rotatable bonds is 10. The lowest BCUT2D eigenvalue weighted by Crippen LogP contribution is -2.73. The molecule has 1 saturated carbocycles. The van der Waals surface area contributed by atoms with E-state index in [0.29, 0.717) is 57.5 Å². The van der Waals surface area contributed by atoms with E-state index in [1.54, 1.807) is 25.3 Å². The molecule has 256 valence electrons. The first-order valence-electron chi connectivity index (χ1n) is 16.8. The Hall–Kier alpha value is -3.92. The zero-order valence-electron chi connectivity index (χ0n) is 27.5. The number of aromatic carboxylic acids is 1. The van der Waals surface area contributed by atoms with Gasteiger partial charge in [0.15, 0.2) is 0 Å². The summed E-state index contributed by atoms with van der Waals surface area (Å²) in [5, 5.41) is 23.6. The van der Waals surface area contributed by atoms with Crippen LogP contribution in [0, 0.1) is 0 Å². The van der Waals surface area contributed by atoms with E-state index in [0.717, 1.165) is 48.1 Å². The van der Waals surface area contributed by atoms with Crippen molar-refractivity contribution in [3.63, 3.8) is 0 Å². The lowest BCUT2D eigenvalue weighted by atomic mass is 9.77. The Morgan fingerprint density at radius 2 is 1.52 bits per heavy atom. The van der Waals surface area contributed by atoms with E-state index in [1.807, 2.05) is 35.2 Å². The van der Waals surface area contributed by atoms with Gasteiger partial charge in [-0.25, -0.2) is 4.79 Å². The van der Waals surface area contributed by atoms with Crippen LogP contribution in [-0.2, 0) is 29.1 Å². The molecule has 2 heterocycles. The third kappa shape index (κ3) is 7.69. The van der Waals surface area contributed by atoms with Crippen LogP contribution in [0.4, 0.5) is 0 Å². The van der Waals surface area contributed by atoms with Crippen LogP contribution in [0.15, 0.2) is 72.8 Å². The third-order valence-electron chi connectivity index (χ3n) is 10.4. The smallest absolute Gasteiger partial charge is 0.335 e. The molecular formula is C38H46ClN3O6. The van der Waals surface area contributed by atoms with Gasteiger partial charge in [-0.2, -0.15) is 0 Å². The average Bonchev–Trinajstić information content (AvgIpc) is 3.08. The molecule has 9 nitrogen and oxygen atoms in total. The summed E-state index contributed by atoms with van der Waals surface area (Å²) in [4.78, 5) is 43.6. The Morgan fingerprint density at radius 3 is 2.17 bits per heavy atom. The van der Waals surface area contributed by atoms with Gasteiger partial charge in [0, 0.05) is 39.0 Å². The fraction of sp³-hybridized carbons (Fsp3) is 0.447. The fourth-order valence-corrected chi connectivity index (χ4v) is 7.65. The summed E-state index contributed by atoms with van der Waals surface area (Å²) in [6.45, 7) is 2.45. The Bertz CT molecular complexity index is 1580. The van der Waals surface area contributed by atoms with Gasteiger partial charge in [0.05, 0.1) is 18.3 Å². The molecule has 0 radical (unpaired) electrons. The summed E-state index contributed by atoms with van der Waals surface area (Å²) < 4.78 is 5.45. The van der Waals surface area contributed by atoms with Gasteiger partial charge in [-0.15, -0.1) is 12.4 Å². The standard InChI is InChI=1S/C38H45N3O6.ClH/c1-47-33-23-31(35(43)44)15-14-30(33)22-27-10-12-29(13-11-27)25-40-20-18-38(19-21-40)36(45)39-32(24-37(46)16-6-3-7-17-37)34(42)41(38)26-28-8-4-2-5-9-28;/h2,4-5,8-15,23,32,46H,3,6-7,16-22,24-26H2,1H3,(H,39,45)(H,43,44);1H/t32-;/m1./s1. The van der Waals surface area contributed by atoms with Crippen molar-refractivity contribution in [3.05, 3.63) is 101 Å². The Labute approximate surface area is 288 Å². The van der Waals surface area contributed by atoms with E-state index < -0.39 is 23.2 Å². The van der Waals surface area contributed by atoms with Crippen molar-refractivity contribution < 1.29 is 29.3 Å². The first-order valence-corrected chi connectivity index (χ1v) is 16.8. The summed E-state index contributed by atoms with van der Waals surface area (Å²) >= 11 is 0. The van der Waals surface area contributed by atoms with Crippen LogP contribution < -0.4 is 10.1 Å². The number of amides is 2. The van der Waals surface area contributed by atoms with Gasteiger partial charge >= 0.3 is 5.97 Å². The maximum absolute atomic E-state index is 14.1. The number of halogens is 1. The second-order valence-electron chi connectivity index (χ2n) is 13.6. The number of carboxylic acids is 1. The van der Waals surface area contributed by atoms with Gasteiger partial charge in [-0.05, 0) is 60.1 Å². The van der Waals surface area contributed by atoms with E-state index in [9.17, 15) is 24.6 Å². The molecule has 3 aliphatic rings. The molecule has 48 heavy (non-hydrogen) atoms. The molecule has 2 saturated heterocycles. The van der Waals surface area contributed by atoms with Crippen molar-refractivity contribution in [1.82, 2.24) is 15.1 Å². The second kappa shape index (κ2) is 15.1. The summed E-state index contributed by atoms with van der Waals surface area (Å²) in [5.74, 6) is -0.626. The second-order valence-corrected chi connectivity index (χ2v) is 13.6. The van der Waals surface area contributed by atoms with Crippen LogP contribution in [0.25, 0.3) is 0 Å². The number of carbonyl (C=O) groups is 3. The number of carbonyl (C=O) groups excluding carboxylic acids is 2. The topological polar surface area (TPSA) is 119 Å². The van der Waals surface area contributed by atoms with Gasteiger partial charge in [0.1, 0.15) is 17.3 Å². The van der Waals surface area contributed by atoms with Crippen molar-refractivity contribution in [3.8, 4) is 5.75 Å². The van der Waals surface area contributed by atoms with Crippen LogP contribution in [0.5, 0.6) is 5.75 Å². The van der Waals surface area contributed by atoms with E-state index in [4.69, 9.17) is 4.74 Å². The number of piperazine rings is 1. The number of piperidine rings is 1. The molecule has 2 aliphatic heterocycles. The average molecular weight is 676 g/mol. The number of methoxy groups -OCH3 is 1. The highest BCUT2D eigenvalue weighted by molar-refractivity contribution is 6.00. The monoisotopic (exact) mass is 675 g/mol. The van der Waals surface area contributed by atoms with Crippen LogP contribution in [0.3, 0.4) is 0 Å². The van der Waals surface area contributed by atoms with Crippen molar-refractivity contribution in [2.45, 2.75) is 88.1 Å². The van der Waals surface area contributed by atoms with Gasteiger partial charge < -0.3 is 25.2 Å².